The number of nitrogens with zero attached hydrogens (tertiary/aromatic N) is 3. The lowest BCUT2D eigenvalue weighted by atomic mass is 9.95. The zero-order valence-electron chi connectivity index (χ0n) is 12.7. The fraction of sp³-hybridized carbons (Fsp3) is 0.500. The quantitative estimate of drug-likeness (QED) is 0.849. The zero-order chi connectivity index (χ0) is 15.4. The number of likely N-dealkylation sites (tertiary alicyclic amines) is 1. The van der Waals surface area contributed by atoms with E-state index in [1.165, 1.54) is 18.6 Å². The number of rotatable bonds is 5. The maximum absolute atomic E-state index is 13.1. The molecule has 1 atom stereocenters. The smallest absolute Gasteiger partial charge is 0.252 e. The minimum absolute atomic E-state index is 0.200. The summed E-state index contributed by atoms with van der Waals surface area (Å²) in [5.41, 5.74) is 1.14. The second-order valence-electron chi connectivity index (χ2n) is 5.57. The van der Waals surface area contributed by atoms with E-state index in [4.69, 9.17) is 9.26 Å². The fourth-order valence-corrected chi connectivity index (χ4v) is 2.96. The van der Waals surface area contributed by atoms with Crippen LogP contribution in [0.25, 0.3) is 0 Å². The third-order valence-electron chi connectivity index (χ3n) is 3.99. The maximum Gasteiger partial charge on any atom is 0.252 e. The Morgan fingerprint density at radius 3 is 2.91 bits per heavy atom. The summed E-state index contributed by atoms with van der Waals surface area (Å²) >= 11 is 0. The van der Waals surface area contributed by atoms with Crippen molar-refractivity contribution >= 4 is 0 Å². The van der Waals surface area contributed by atoms with E-state index >= 15 is 0 Å². The van der Waals surface area contributed by atoms with E-state index in [2.05, 4.69) is 15.0 Å². The van der Waals surface area contributed by atoms with Crippen molar-refractivity contribution < 1.29 is 13.7 Å². The van der Waals surface area contributed by atoms with Crippen LogP contribution >= 0.6 is 0 Å². The molecule has 0 bridgehead atoms. The van der Waals surface area contributed by atoms with Gasteiger partial charge in [0.15, 0.2) is 5.82 Å². The number of hydrogen-bond acceptors (Lipinski definition) is 5. The van der Waals surface area contributed by atoms with E-state index in [1.54, 1.807) is 7.11 Å². The summed E-state index contributed by atoms with van der Waals surface area (Å²) in [5.74, 6) is 0.961. The molecule has 0 saturated carbocycles. The van der Waals surface area contributed by atoms with Gasteiger partial charge in [0.05, 0.1) is 6.54 Å². The fourth-order valence-electron chi connectivity index (χ4n) is 2.96. The van der Waals surface area contributed by atoms with Crippen molar-refractivity contribution in [2.24, 2.45) is 0 Å². The summed E-state index contributed by atoms with van der Waals surface area (Å²) in [5, 5.41) is 4.00. The Morgan fingerprint density at radius 2 is 2.14 bits per heavy atom. The minimum Gasteiger partial charge on any atom is -0.375 e. The van der Waals surface area contributed by atoms with Gasteiger partial charge in [-0.05, 0) is 37.1 Å². The standard InChI is InChI=1S/C16H20FN3O2/c1-21-11-16-18-15(19-22-16)10-20-9-3-2-4-14(20)12-5-7-13(17)8-6-12/h5-8,14H,2-4,9-11H2,1H3/t14-/m0/s1. The summed E-state index contributed by atoms with van der Waals surface area (Å²) < 4.78 is 23.2. The molecule has 6 heteroatoms. The summed E-state index contributed by atoms with van der Waals surface area (Å²) in [6.07, 6.45) is 3.40. The Balaban J connectivity index is 1.72. The van der Waals surface area contributed by atoms with Crippen LogP contribution in [0.1, 0.15) is 42.6 Å². The normalized spacial score (nSPS) is 19.5. The van der Waals surface area contributed by atoms with Gasteiger partial charge >= 0.3 is 0 Å². The van der Waals surface area contributed by atoms with Gasteiger partial charge in [-0.2, -0.15) is 4.98 Å². The van der Waals surface area contributed by atoms with Gasteiger partial charge in [0.25, 0.3) is 5.89 Å². The molecule has 2 aromatic rings. The van der Waals surface area contributed by atoms with Crippen LogP contribution in [0.3, 0.4) is 0 Å². The molecule has 5 nitrogen and oxygen atoms in total. The van der Waals surface area contributed by atoms with E-state index in [9.17, 15) is 4.39 Å². The van der Waals surface area contributed by atoms with Gasteiger partial charge < -0.3 is 9.26 Å². The average Bonchev–Trinajstić information content (AvgIpc) is 2.96. The summed E-state index contributed by atoms with van der Waals surface area (Å²) in [6.45, 7) is 1.94. The molecule has 0 aliphatic carbocycles. The topological polar surface area (TPSA) is 51.4 Å². The highest BCUT2D eigenvalue weighted by Crippen LogP contribution is 2.31. The first-order valence-corrected chi connectivity index (χ1v) is 7.56. The van der Waals surface area contributed by atoms with Gasteiger partial charge in [-0.3, -0.25) is 4.90 Å². The van der Waals surface area contributed by atoms with Crippen molar-refractivity contribution in [3.63, 3.8) is 0 Å². The van der Waals surface area contributed by atoms with Gasteiger partial charge in [0.2, 0.25) is 0 Å². The Hall–Kier alpha value is -1.79. The van der Waals surface area contributed by atoms with Crippen LogP contribution in [0.4, 0.5) is 4.39 Å². The molecule has 1 fully saturated rings. The number of aromatic nitrogens is 2. The van der Waals surface area contributed by atoms with Gasteiger partial charge in [-0.25, -0.2) is 4.39 Å². The Labute approximate surface area is 129 Å². The van der Waals surface area contributed by atoms with Crippen LogP contribution in [-0.2, 0) is 17.9 Å². The maximum atomic E-state index is 13.1. The summed E-state index contributed by atoms with van der Waals surface area (Å²) in [4.78, 5) is 6.66. The molecule has 1 aromatic heterocycles. The first-order chi connectivity index (χ1) is 10.8. The van der Waals surface area contributed by atoms with Crippen molar-refractivity contribution in [2.75, 3.05) is 13.7 Å². The second kappa shape index (κ2) is 6.98. The molecule has 3 rings (SSSR count). The van der Waals surface area contributed by atoms with Crippen molar-refractivity contribution in [1.29, 1.82) is 0 Å². The zero-order valence-corrected chi connectivity index (χ0v) is 12.7. The molecule has 0 unspecified atom stereocenters. The highest BCUT2D eigenvalue weighted by molar-refractivity contribution is 5.20. The third kappa shape index (κ3) is 3.51. The lowest BCUT2D eigenvalue weighted by Crippen LogP contribution is -2.33. The van der Waals surface area contributed by atoms with E-state index < -0.39 is 0 Å². The van der Waals surface area contributed by atoms with E-state index in [0.29, 0.717) is 24.9 Å². The highest BCUT2D eigenvalue weighted by atomic mass is 19.1. The van der Waals surface area contributed by atoms with E-state index in [-0.39, 0.29) is 11.9 Å². The molecule has 22 heavy (non-hydrogen) atoms. The van der Waals surface area contributed by atoms with Gasteiger partial charge in [-0.15, -0.1) is 0 Å². The first-order valence-electron chi connectivity index (χ1n) is 7.56. The molecular weight excluding hydrogens is 285 g/mol. The molecule has 0 radical (unpaired) electrons. The predicted molar refractivity (Wildman–Crippen MR) is 78.4 cm³/mol. The average molecular weight is 305 g/mol. The Morgan fingerprint density at radius 1 is 1.32 bits per heavy atom. The van der Waals surface area contributed by atoms with Crippen LogP contribution in [0, 0.1) is 5.82 Å². The third-order valence-corrected chi connectivity index (χ3v) is 3.99. The summed E-state index contributed by atoms with van der Waals surface area (Å²) in [6, 6.07) is 7.05. The van der Waals surface area contributed by atoms with Crippen LogP contribution < -0.4 is 0 Å². The number of halogens is 1. The van der Waals surface area contributed by atoms with Gasteiger partial charge in [0.1, 0.15) is 12.4 Å². The highest BCUT2D eigenvalue weighted by Gasteiger charge is 2.25. The molecule has 2 heterocycles. The first kappa shape index (κ1) is 15.1. The van der Waals surface area contributed by atoms with E-state index in [0.717, 1.165) is 24.9 Å². The number of methoxy groups -OCH3 is 1. The summed E-state index contributed by atoms with van der Waals surface area (Å²) in [7, 11) is 1.60. The Kier molecular flexibility index (Phi) is 4.80. The molecule has 1 saturated heterocycles. The largest absolute Gasteiger partial charge is 0.375 e. The second-order valence-corrected chi connectivity index (χ2v) is 5.57. The van der Waals surface area contributed by atoms with Crippen LogP contribution in [-0.4, -0.2) is 28.7 Å². The van der Waals surface area contributed by atoms with Gasteiger partial charge in [0, 0.05) is 13.2 Å². The minimum atomic E-state index is -0.200. The molecule has 118 valence electrons. The van der Waals surface area contributed by atoms with Crippen LogP contribution in [0.15, 0.2) is 28.8 Å². The molecule has 0 spiro atoms. The number of benzene rings is 1. The molecule has 0 N–H and O–H groups in total. The number of piperidine rings is 1. The monoisotopic (exact) mass is 305 g/mol. The number of ether oxygens (including phenoxy) is 1. The number of hydrogen-bond donors (Lipinski definition) is 0. The lowest BCUT2D eigenvalue weighted by Gasteiger charge is -2.35. The van der Waals surface area contributed by atoms with Crippen LogP contribution in [0.2, 0.25) is 0 Å². The molecular formula is C16H20FN3O2. The molecule has 1 aliphatic heterocycles. The van der Waals surface area contributed by atoms with Crippen molar-refractivity contribution in [3.05, 3.63) is 47.4 Å². The van der Waals surface area contributed by atoms with Crippen molar-refractivity contribution in [3.8, 4) is 0 Å². The van der Waals surface area contributed by atoms with Gasteiger partial charge in [-0.1, -0.05) is 23.7 Å². The van der Waals surface area contributed by atoms with Crippen molar-refractivity contribution in [2.45, 2.75) is 38.5 Å². The van der Waals surface area contributed by atoms with Crippen molar-refractivity contribution in [1.82, 2.24) is 15.0 Å². The predicted octanol–water partition coefficient (Wildman–Crippen LogP) is 3.08. The van der Waals surface area contributed by atoms with E-state index in [1.807, 2.05) is 12.1 Å². The molecule has 1 aliphatic rings. The van der Waals surface area contributed by atoms with Crippen LogP contribution in [0.5, 0.6) is 0 Å². The SMILES string of the molecule is COCc1nc(CN2CCCC[C@H]2c2ccc(F)cc2)no1. The lowest BCUT2D eigenvalue weighted by molar-refractivity contribution is 0.135. The Bertz CT molecular complexity index is 600. The molecule has 1 aromatic carbocycles. The molecule has 0 amide bonds.